The standard InChI is InChI=1S/C10H12N4O2.C10H16N4.C4H6N2O2.C4H10N2/c11-3-1-5-13-7-10(16)14(6-2-4-12)8-9(13)15;11-3-1-5-13-7-9-14(10-8-13)6-2-4-12;7-3-1-5-4(8)2-6-3;1-2-6-4-3-5-1/h1-2,5-8H2;1-2,5-10H2;1-2H2,(H,5,8)(H,6,7);5-6H,1-4H2. The van der Waals surface area contributed by atoms with Gasteiger partial charge < -0.3 is 31.1 Å². The van der Waals surface area contributed by atoms with Crippen molar-refractivity contribution in [3.05, 3.63) is 0 Å². The van der Waals surface area contributed by atoms with Crippen molar-refractivity contribution in [3.63, 3.8) is 0 Å². The van der Waals surface area contributed by atoms with Crippen LogP contribution >= 0.6 is 0 Å². The maximum Gasteiger partial charge on any atom is 0.242 e. The Morgan fingerprint density at radius 1 is 0.523 bits per heavy atom. The molecule has 4 heterocycles. The number of carbonyl (C=O) groups excluding carboxylic acids is 4. The average molecular weight is 613 g/mol. The molecule has 0 spiro atoms. The SMILES string of the molecule is C1CNCCN1.N#CCCN1CC(=O)N(CCC#N)CC1=O.N#CCCN1CCN(CCC#N)CC1.O=C1CNC(=O)CN1. The molecule has 4 saturated heterocycles. The van der Waals surface area contributed by atoms with Gasteiger partial charge in [0, 0.05) is 91.4 Å². The quantitative estimate of drug-likeness (QED) is 0.220. The number of hydrogen-bond acceptors (Lipinski definition) is 12. The number of rotatable bonds is 8. The first-order valence-electron chi connectivity index (χ1n) is 14.8. The van der Waals surface area contributed by atoms with Crippen LogP contribution in [0.3, 0.4) is 0 Å². The summed E-state index contributed by atoms with van der Waals surface area (Å²) in [6.07, 6.45) is 1.71. The second-order valence-corrected chi connectivity index (χ2v) is 10.00. The van der Waals surface area contributed by atoms with Crippen LogP contribution in [-0.2, 0) is 19.2 Å². The van der Waals surface area contributed by atoms with Crippen molar-refractivity contribution >= 4 is 23.6 Å². The molecule has 4 aliphatic rings. The molecule has 0 aromatic rings. The molecule has 0 aliphatic carbocycles. The minimum atomic E-state index is -0.159. The van der Waals surface area contributed by atoms with Gasteiger partial charge >= 0.3 is 0 Å². The topological polar surface area (TPSA) is 225 Å². The first-order chi connectivity index (χ1) is 21.3. The Bertz CT molecular complexity index is 961. The minimum Gasteiger partial charge on any atom is -0.346 e. The fraction of sp³-hybridized carbons (Fsp3) is 0.714. The predicted octanol–water partition coefficient (Wildman–Crippen LogP) is -2.67. The van der Waals surface area contributed by atoms with E-state index in [2.05, 4.69) is 43.2 Å². The molecule has 4 rings (SSSR count). The lowest BCUT2D eigenvalue weighted by atomic mass is 10.2. The number of piperazine rings is 4. The van der Waals surface area contributed by atoms with Gasteiger partial charge in [-0.05, 0) is 0 Å². The Morgan fingerprint density at radius 2 is 0.841 bits per heavy atom. The highest BCUT2D eigenvalue weighted by molar-refractivity contribution is 5.93. The highest BCUT2D eigenvalue weighted by Crippen LogP contribution is 2.06. The molecular formula is C28H44N12O4. The second kappa shape index (κ2) is 24.2. The van der Waals surface area contributed by atoms with Gasteiger partial charge in [0.15, 0.2) is 0 Å². The first kappa shape index (κ1) is 37.7. The van der Waals surface area contributed by atoms with Crippen LogP contribution in [0.4, 0.5) is 0 Å². The zero-order valence-electron chi connectivity index (χ0n) is 25.4. The molecule has 16 nitrogen and oxygen atoms in total. The van der Waals surface area contributed by atoms with Crippen LogP contribution in [0, 0.1) is 45.3 Å². The number of amides is 4. The molecule has 0 saturated carbocycles. The second-order valence-electron chi connectivity index (χ2n) is 10.00. The number of carbonyl (C=O) groups is 4. The summed E-state index contributed by atoms with van der Waals surface area (Å²) < 4.78 is 0. The molecule has 0 bridgehead atoms. The zero-order valence-corrected chi connectivity index (χ0v) is 25.4. The van der Waals surface area contributed by atoms with Crippen LogP contribution in [0.2, 0.25) is 0 Å². The van der Waals surface area contributed by atoms with Crippen molar-refractivity contribution in [3.8, 4) is 24.3 Å². The van der Waals surface area contributed by atoms with E-state index in [9.17, 15) is 19.2 Å². The molecule has 4 fully saturated rings. The molecule has 4 amide bonds. The third-order valence-corrected chi connectivity index (χ3v) is 6.74. The van der Waals surface area contributed by atoms with Crippen molar-refractivity contribution < 1.29 is 19.2 Å². The molecular weight excluding hydrogens is 568 g/mol. The van der Waals surface area contributed by atoms with Gasteiger partial charge in [-0.3, -0.25) is 29.0 Å². The summed E-state index contributed by atoms with van der Waals surface area (Å²) in [4.78, 5) is 51.1. The highest BCUT2D eigenvalue weighted by Gasteiger charge is 2.28. The molecule has 0 atom stereocenters. The molecule has 0 aromatic carbocycles. The van der Waals surface area contributed by atoms with Gasteiger partial charge in [-0.25, -0.2) is 0 Å². The Kier molecular flexibility index (Phi) is 20.7. The number of nitrogens with zero attached hydrogens (tertiary/aromatic N) is 8. The Hall–Kier alpha value is -4.32. The number of nitriles is 4. The van der Waals surface area contributed by atoms with Gasteiger partial charge in [0.2, 0.25) is 23.6 Å². The van der Waals surface area contributed by atoms with E-state index in [1.165, 1.54) is 9.80 Å². The van der Waals surface area contributed by atoms with E-state index in [-0.39, 0.29) is 62.6 Å². The van der Waals surface area contributed by atoms with E-state index in [0.29, 0.717) is 25.9 Å². The summed E-state index contributed by atoms with van der Waals surface area (Å²) in [5.41, 5.74) is 0. The monoisotopic (exact) mass is 612 g/mol. The zero-order chi connectivity index (χ0) is 32.4. The van der Waals surface area contributed by atoms with Crippen molar-refractivity contribution in [2.75, 3.05) is 105 Å². The van der Waals surface area contributed by atoms with E-state index in [4.69, 9.17) is 21.0 Å². The lowest BCUT2D eigenvalue weighted by Gasteiger charge is -2.33. The molecule has 0 unspecified atom stereocenters. The molecule has 44 heavy (non-hydrogen) atoms. The Labute approximate surface area is 259 Å². The summed E-state index contributed by atoms with van der Waals surface area (Å²) in [6, 6.07) is 8.19. The highest BCUT2D eigenvalue weighted by atomic mass is 16.2. The van der Waals surface area contributed by atoms with Gasteiger partial charge in [-0.1, -0.05) is 0 Å². The Morgan fingerprint density at radius 3 is 1.11 bits per heavy atom. The van der Waals surface area contributed by atoms with Crippen LogP contribution < -0.4 is 21.3 Å². The van der Waals surface area contributed by atoms with Crippen LogP contribution in [0.25, 0.3) is 0 Å². The van der Waals surface area contributed by atoms with Crippen molar-refractivity contribution in [1.82, 2.24) is 40.9 Å². The van der Waals surface area contributed by atoms with E-state index < -0.39 is 0 Å². The molecule has 4 aliphatic heterocycles. The van der Waals surface area contributed by atoms with E-state index in [0.717, 1.165) is 65.4 Å². The average Bonchev–Trinajstić information content (AvgIpc) is 3.06. The summed E-state index contributed by atoms with van der Waals surface area (Å²) in [7, 11) is 0. The number of nitrogens with one attached hydrogen (secondary N) is 4. The van der Waals surface area contributed by atoms with Crippen molar-refractivity contribution in [2.45, 2.75) is 25.7 Å². The normalized spacial score (nSPS) is 18.5. The summed E-state index contributed by atoms with van der Waals surface area (Å²) in [5.74, 6) is -0.560. The van der Waals surface area contributed by atoms with Gasteiger partial charge in [-0.15, -0.1) is 0 Å². The van der Waals surface area contributed by atoms with Gasteiger partial charge in [-0.2, -0.15) is 21.0 Å². The van der Waals surface area contributed by atoms with Gasteiger partial charge in [0.05, 0.1) is 63.3 Å². The smallest absolute Gasteiger partial charge is 0.242 e. The van der Waals surface area contributed by atoms with E-state index in [1.807, 2.05) is 12.1 Å². The third-order valence-electron chi connectivity index (χ3n) is 6.74. The largest absolute Gasteiger partial charge is 0.346 e. The summed E-state index contributed by atoms with van der Waals surface area (Å²) >= 11 is 0. The third kappa shape index (κ3) is 17.6. The molecule has 16 heteroatoms. The fourth-order valence-electron chi connectivity index (χ4n) is 4.22. The molecule has 0 aromatic heterocycles. The Balaban J connectivity index is 0.000000312. The first-order valence-corrected chi connectivity index (χ1v) is 14.8. The van der Waals surface area contributed by atoms with Crippen molar-refractivity contribution in [1.29, 1.82) is 21.0 Å². The maximum atomic E-state index is 11.6. The lowest BCUT2D eigenvalue weighted by molar-refractivity contribution is -0.149. The van der Waals surface area contributed by atoms with Gasteiger partial charge in [0.25, 0.3) is 0 Å². The van der Waals surface area contributed by atoms with E-state index >= 15 is 0 Å². The van der Waals surface area contributed by atoms with Crippen LogP contribution in [0.1, 0.15) is 25.7 Å². The number of hydrogen-bond donors (Lipinski definition) is 4. The van der Waals surface area contributed by atoms with Gasteiger partial charge in [0.1, 0.15) is 0 Å². The summed E-state index contributed by atoms with van der Waals surface area (Å²) in [5, 5.41) is 44.9. The van der Waals surface area contributed by atoms with Crippen LogP contribution in [-0.4, -0.2) is 148 Å². The summed E-state index contributed by atoms with van der Waals surface area (Å²) in [6.45, 7) is 11.4. The fourth-order valence-corrected chi connectivity index (χ4v) is 4.22. The molecule has 0 radical (unpaired) electrons. The predicted molar refractivity (Wildman–Crippen MR) is 159 cm³/mol. The van der Waals surface area contributed by atoms with Crippen LogP contribution in [0.15, 0.2) is 0 Å². The minimum absolute atomic E-state index is 0.0198. The molecule has 240 valence electrons. The van der Waals surface area contributed by atoms with Crippen molar-refractivity contribution in [2.24, 2.45) is 0 Å². The molecule has 4 N–H and O–H groups in total. The van der Waals surface area contributed by atoms with Crippen LogP contribution in [0.5, 0.6) is 0 Å². The van der Waals surface area contributed by atoms with E-state index in [1.54, 1.807) is 0 Å². The maximum absolute atomic E-state index is 11.6. The lowest BCUT2D eigenvalue weighted by Crippen LogP contribution is -2.53.